The van der Waals surface area contributed by atoms with Gasteiger partial charge in [0.2, 0.25) is 0 Å². The number of benzene rings is 2. The summed E-state index contributed by atoms with van der Waals surface area (Å²) in [5.74, 6) is 0. The molecule has 0 fully saturated rings. The standard InChI is InChI=1S/C17H14IN3OS/c18-14-8-6-13(7-9-14)15-11-23-17(20-15)21-16(22)19-10-12-4-2-1-3-5-12/h1-9,11H,10H2,(H2,19,20,21,22). The highest BCUT2D eigenvalue weighted by atomic mass is 127. The molecule has 2 aromatic carbocycles. The minimum absolute atomic E-state index is 0.252. The highest BCUT2D eigenvalue weighted by Gasteiger charge is 2.07. The molecular weight excluding hydrogens is 421 g/mol. The molecule has 1 heterocycles. The molecule has 23 heavy (non-hydrogen) atoms. The first-order chi connectivity index (χ1) is 11.2. The van der Waals surface area contributed by atoms with Gasteiger partial charge in [0.25, 0.3) is 0 Å². The van der Waals surface area contributed by atoms with Crippen LogP contribution in [0.25, 0.3) is 11.3 Å². The SMILES string of the molecule is O=C(NCc1ccccc1)Nc1nc(-c2ccc(I)cc2)cs1. The monoisotopic (exact) mass is 435 g/mol. The van der Waals surface area contributed by atoms with E-state index in [0.717, 1.165) is 16.8 Å². The molecule has 6 heteroatoms. The Morgan fingerprint density at radius 1 is 1.09 bits per heavy atom. The fourth-order valence-corrected chi connectivity index (χ4v) is 3.08. The number of hydrogen-bond acceptors (Lipinski definition) is 3. The summed E-state index contributed by atoms with van der Waals surface area (Å²) in [5.41, 5.74) is 2.96. The molecule has 0 saturated heterocycles. The van der Waals surface area contributed by atoms with Gasteiger partial charge in [-0.25, -0.2) is 9.78 Å². The van der Waals surface area contributed by atoms with Gasteiger partial charge in [0.05, 0.1) is 5.69 Å². The highest BCUT2D eigenvalue weighted by molar-refractivity contribution is 14.1. The molecule has 2 amide bonds. The molecule has 0 saturated carbocycles. The van der Waals surface area contributed by atoms with Crippen LogP contribution in [-0.2, 0) is 6.54 Å². The maximum Gasteiger partial charge on any atom is 0.321 e. The largest absolute Gasteiger partial charge is 0.334 e. The van der Waals surface area contributed by atoms with Crippen LogP contribution in [0.5, 0.6) is 0 Å². The smallest absolute Gasteiger partial charge is 0.321 e. The lowest BCUT2D eigenvalue weighted by molar-refractivity contribution is 0.251. The molecule has 2 N–H and O–H groups in total. The second-order valence-corrected chi connectivity index (χ2v) is 6.94. The number of hydrogen-bond donors (Lipinski definition) is 2. The summed E-state index contributed by atoms with van der Waals surface area (Å²) < 4.78 is 1.18. The van der Waals surface area contributed by atoms with Gasteiger partial charge in [-0.15, -0.1) is 11.3 Å². The maximum atomic E-state index is 11.9. The van der Waals surface area contributed by atoms with E-state index in [4.69, 9.17) is 0 Å². The first kappa shape index (κ1) is 15.9. The summed E-state index contributed by atoms with van der Waals surface area (Å²) in [6, 6.07) is 17.7. The molecule has 0 spiro atoms. The van der Waals surface area contributed by atoms with Crippen LogP contribution in [0.15, 0.2) is 60.0 Å². The van der Waals surface area contributed by atoms with E-state index in [-0.39, 0.29) is 6.03 Å². The summed E-state index contributed by atoms with van der Waals surface area (Å²) in [6.45, 7) is 0.488. The van der Waals surface area contributed by atoms with Crippen LogP contribution < -0.4 is 10.6 Å². The predicted molar refractivity (Wildman–Crippen MR) is 103 cm³/mol. The molecule has 116 valence electrons. The molecule has 1 aromatic heterocycles. The fraction of sp³-hybridized carbons (Fsp3) is 0.0588. The van der Waals surface area contributed by atoms with E-state index in [2.05, 4.69) is 38.2 Å². The molecular formula is C17H14IN3OS. The molecule has 0 radical (unpaired) electrons. The van der Waals surface area contributed by atoms with Crippen LogP contribution in [-0.4, -0.2) is 11.0 Å². The lowest BCUT2D eigenvalue weighted by atomic mass is 10.2. The third kappa shape index (κ3) is 4.52. The van der Waals surface area contributed by atoms with Gasteiger partial charge in [0, 0.05) is 21.1 Å². The number of nitrogens with one attached hydrogen (secondary N) is 2. The lowest BCUT2D eigenvalue weighted by Gasteiger charge is -2.05. The molecule has 0 atom stereocenters. The van der Waals surface area contributed by atoms with Crippen molar-refractivity contribution in [1.29, 1.82) is 0 Å². The van der Waals surface area contributed by atoms with E-state index >= 15 is 0 Å². The number of carbonyl (C=O) groups excluding carboxylic acids is 1. The lowest BCUT2D eigenvalue weighted by Crippen LogP contribution is -2.28. The zero-order chi connectivity index (χ0) is 16.1. The normalized spacial score (nSPS) is 10.3. The molecule has 3 aromatic rings. The van der Waals surface area contributed by atoms with E-state index < -0.39 is 0 Å². The van der Waals surface area contributed by atoms with Crippen LogP contribution in [0.2, 0.25) is 0 Å². The third-order valence-corrected chi connectivity index (χ3v) is 4.64. The second-order valence-electron chi connectivity index (χ2n) is 4.84. The molecule has 0 unspecified atom stereocenters. The van der Waals surface area contributed by atoms with Crippen molar-refractivity contribution in [2.75, 3.05) is 5.32 Å². The Bertz CT molecular complexity index is 787. The minimum atomic E-state index is -0.252. The highest BCUT2D eigenvalue weighted by Crippen LogP contribution is 2.25. The zero-order valence-corrected chi connectivity index (χ0v) is 15.1. The van der Waals surface area contributed by atoms with E-state index in [0.29, 0.717) is 11.7 Å². The first-order valence-corrected chi connectivity index (χ1v) is 8.97. The van der Waals surface area contributed by atoms with Crippen molar-refractivity contribution in [1.82, 2.24) is 10.3 Å². The number of amides is 2. The number of aromatic nitrogens is 1. The fourth-order valence-electron chi connectivity index (χ4n) is 2.00. The van der Waals surface area contributed by atoms with E-state index in [1.807, 2.05) is 60.0 Å². The Balaban J connectivity index is 1.58. The number of halogens is 1. The Labute approximate surface area is 152 Å². The number of carbonyl (C=O) groups is 1. The van der Waals surface area contributed by atoms with Gasteiger partial charge in [-0.05, 0) is 40.3 Å². The Kier molecular flexibility index (Phi) is 5.24. The van der Waals surface area contributed by atoms with Crippen LogP contribution >= 0.6 is 33.9 Å². The van der Waals surface area contributed by atoms with Gasteiger partial charge in [-0.3, -0.25) is 5.32 Å². The Morgan fingerprint density at radius 2 is 1.83 bits per heavy atom. The van der Waals surface area contributed by atoms with Crippen LogP contribution in [0.3, 0.4) is 0 Å². The van der Waals surface area contributed by atoms with E-state index in [1.54, 1.807) is 0 Å². The summed E-state index contributed by atoms with van der Waals surface area (Å²) >= 11 is 3.68. The zero-order valence-electron chi connectivity index (χ0n) is 12.1. The van der Waals surface area contributed by atoms with Gasteiger partial charge in [0.1, 0.15) is 0 Å². The number of urea groups is 1. The van der Waals surface area contributed by atoms with Crippen molar-refractivity contribution in [3.63, 3.8) is 0 Å². The average Bonchev–Trinajstić information content (AvgIpc) is 3.03. The number of rotatable bonds is 4. The van der Waals surface area contributed by atoms with Crippen LogP contribution in [0.4, 0.5) is 9.93 Å². The molecule has 0 aliphatic rings. The minimum Gasteiger partial charge on any atom is -0.334 e. The average molecular weight is 435 g/mol. The predicted octanol–water partition coefficient (Wildman–Crippen LogP) is 4.74. The Hall–Kier alpha value is -1.93. The van der Waals surface area contributed by atoms with Gasteiger partial charge in [-0.2, -0.15) is 0 Å². The van der Waals surface area contributed by atoms with Crippen molar-refractivity contribution in [3.05, 3.63) is 69.1 Å². The number of thiazole rings is 1. The summed E-state index contributed by atoms with van der Waals surface area (Å²) in [6.07, 6.45) is 0. The van der Waals surface area contributed by atoms with E-state index in [9.17, 15) is 4.79 Å². The van der Waals surface area contributed by atoms with Crippen LogP contribution in [0, 0.1) is 3.57 Å². The molecule has 3 rings (SSSR count). The van der Waals surface area contributed by atoms with Gasteiger partial charge in [-0.1, -0.05) is 42.5 Å². The molecule has 0 aliphatic carbocycles. The second kappa shape index (κ2) is 7.56. The van der Waals surface area contributed by atoms with Crippen molar-refractivity contribution in [2.24, 2.45) is 0 Å². The Morgan fingerprint density at radius 3 is 2.57 bits per heavy atom. The quantitative estimate of drug-likeness (QED) is 0.582. The topological polar surface area (TPSA) is 54.0 Å². The number of anilines is 1. The van der Waals surface area contributed by atoms with Crippen molar-refractivity contribution in [3.8, 4) is 11.3 Å². The van der Waals surface area contributed by atoms with E-state index in [1.165, 1.54) is 14.9 Å². The van der Waals surface area contributed by atoms with Crippen molar-refractivity contribution in [2.45, 2.75) is 6.54 Å². The molecule has 0 bridgehead atoms. The molecule has 4 nitrogen and oxygen atoms in total. The number of nitrogens with zero attached hydrogens (tertiary/aromatic N) is 1. The van der Waals surface area contributed by atoms with Gasteiger partial charge < -0.3 is 5.32 Å². The van der Waals surface area contributed by atoms with Crippen molar-refractivity contribution < 1.29 is 4.79 Å². The van der Waals surface area contributed by atoms with Crippen LogP contribution in [0.1, 0.15) is 5.56 Å². The maximum absolute atomic E-state index is 11.9. The summed E-state index contributed by atoms with van der Waals surface area (Å²) in [7, 11) is 0. The van der Waals surface area contributed by atoms with Gasteiger partial charge in [0.15, 0.2) is 5.13 Å². The summed E-state index contributed by atoms with van der Waals surface area (Å²) in [4.78, 5) is 16.4. The molecule has 0 aliphatic heterocycles. The third-order valence-electron chi connectivity index (χ3n) is 3.16. The van der Waals surface area contributed by atoms with Crippen molar-refractivity contribution >= 4 is 45.1 Å². The van der Waals surface area contributed by atoms with Gasteiger partial charge >= 0.3 is 6.03 Å². The first-order valence-electron chi connectivity index (χ1n) is 7.01. The summed E-state index contributed by atoms with van der Waals surface area (Å²) in [5, 5.41) is 8.12.